The number of esters is 1. The molecule has 2 aromatic rings. The predicted molar refractivity (Wildman–Crippen MR) is 127 cm³/mol. The van der Waals surface area contributed by atoms with E-state index in [1.807, 2.05) is 42.5 Å². The Kier molecular flexibility index (Phi) is 10.9. The summed E-state index contributed by atoms with van der Waals surface area (Å²) in [6, 6.07) is 14.8. The molecule has 0 amide bonds. The van der Waals surface area contributed by atoms with Crippen LogP contribution in [0, 0.1) is 0 Å². The molecule has 0 fully saturated rings. The van der Waals surface area contributed by atoms with Crippen molar-refractivity contribution in [3.63, 3.8) is 0 Å². The Balaban J connectivity index is 1.83. The SMILES string of the molecule is CCCCCC(O)c1ccc(CCS(=O)(=O)NCc2cccc(CC(=O)OCC)c2)cc1. The van der Waals surface area contributed by atoms with E-state index in [0.29, 0.717) is 13.0 Å². The second kappa shape index (κ2) is 13.4. The van der Waals surface area contributed by atoms with E-state index >= 15 is 0 Å². The van der Waals surface area contributed by atoms with Crippen molar-refractivity contribution in [2.24, 2.45) is 0 Å². The zero-order valence-electron chi connectivity index (χ0n) is 19.0. The van der Waals surface area contributed by atoms with Gasteiger partial charge < -0.3 is 9.84 Å². The first-order chi connectivity index (χ1) is 15.3. The number of carbonyl (C=O) groups excluding carboxylic acids is 1. The fraction of sp³-hybridized carbons (Fsp3) is 0.480. The summed E-state index contributed by atoms with van der Waals surface area (Å²) in [5.74, 6) is -0.321. The molecule has 0 saturated heterocycles. The van der Waals surface area contributed by atoms with Crippen LogP contribution in [0.5, 0.6) is 0 Å². The van der Waals surface area contributed by atoms with E-state index in [1.54, 1.807) is 13.0 Å². The molecule has 0 saturated carbocycles. The highest BCUT2D eigenvalue weighted by molar-refractivity contribution is 7.89. The van der Waals surface area contributed by atoms with Gasteiger partial charge in [-0.05, 0) is 42.0 Å². The number of ether oxygens (including phenoxy) is 1. The maximum absolute atomic E-state index is 12.4. The Labute approximate surface area is 192 Å². The van der Waals surface area contributed by atoms with Crippen LogP contribution in [-0.2, 0) is 38.9 Å². The lowest BCUT2D eigenvalue weighted by atomic mass is 10.0. The summed E-state index contributed by atoms with van der Waals surface area (Å²) in [6.45, 7) is 4.39. The largest absolute Gasteiger partial charge is 0.466 e. The Morgan fingerprint density at radius 3 is 2.44 bits per heavy atom. The molecule has 0 aromatic heterocycles. The molecule has 2 aromatic carbocycles. The van der Waals surface area contributed by atoms with Crippen LogP contribution in [0.4, 0.5) is 0 Å². The lowest BCUT2D eigenvalue weighted by molar-refractivity contribution is -0.142. The topological polar surface area (TPSA) is 92.7 Å². The van der Waals surface area contributed by atoms with Crippen molar-refractivity contribution in [3.8, 4) is 0 Å². The van der Waals surface area contributed by atoms with Gasteiger partial charge in [-0.3, -0.25) is 4.79 Å². The standard InChI is InChI=1S/C25H35NO5S/c1-3-5-6-10-24(27)23-13-11-20(12-14-23)15-16-32(29,30)26-19-22-9-7-8-21(17-22)18-25(28)31-4-2/h7-9,11-14,17,24,26-27H,3-6,10,15-16,18-19H2,1-2H3. The lowest BCUT2D eigenvalue weighted by Gasteiger charge is -2.12. The summed E-state index contributed by atoms with van der Waals surface area (Å²) in [5, 5.41) is 10.2. The molecule has 2 N–H and O–H groups in total. The van der Waals surface area contributed by atoms with Gasteiger partial charge >= 0.3 is 5.97 Å². The summed E-state index contributed by atoms with van der Waals surface area (Å²) in [6.07, 6.45) is 4.05. The normalized spacial score (nSPS) is 12.5. The van der Waals surface area contributed by atoms with Gasteiger partial charge in [0.2, 0.25) is 10.0 Å². The van der Waals surface area contributed by atoms with E-state index in [9.17, 15) is 18.3 Å². The van der Waals surface area contributed by atoms with E-state index in [0.717, 1.165) is 47.9 Å². The number of benzene rings is 2. The fourth-order valence-electron chi connectivity index (χ4n) is 3.41. The number of hydrogen-bond acceptors (Lipinski definition) is 5. The van der Waals surface area contributed by atoms with Gasteiger partial charge in [-0.1, -0.05) is 74.7 Å². The molecular weight excluding hydrogens is 426 g/mol. The second-order valence-electron chi connectivity index (χ2n) is 7.94. The van der Waals surface area contributed by atoms with Gasteiger partial charge in [0.25, 0.3) is 0 Å². The lowest BCUT2D eigenvalue weighted by Crippen LogP contribution is -2.27. The average molecular weight is 462 g/mol. The Morgan fingerprint density at radius 1 is 1.03 bits per heavy atom. The van der Waals surface area contributed by atoms with Crippen molar-refractivity contribution < 1.29 is 23.1 Å². The molecule has 0 aliphatic rings. The van der Waals surface area contributed by atoms with Crippen molar-refractivity contribution in [1.82, 2.24) is 4.72 Å². The highest BCUT2D eigenvalue weighted by atomic mass is 32.2. The highest BCUT2D eigenvalue weighted by Crippen LogP contribution is 2.20. The van der Waals surface area contributed by atoms with Crippen LogP contribution in [0.15, 0.2) is 48.5 Å². The number of aryl methyl sites for hydroxylation is 1. The molecule has 176 valence electrons. The van der Waals surface area contributed by atoms with E-state index in [2.05, 4.69) is 11.6 Å². The van der Waals surface area contributed by atoms with E-state index in [4.69, 9.17) is 4.74 Å². The molecule has 0 spiro atoms. The molecule has 1 unspecified atom stereocenters. The van der Waals surface area contributed by atoms with Gasteiger partial charge in [0.05, 0.1) is 24.9 Å². The molecule has 0 bridgehead atoms. The fourth-order valence-corrected chi connectivity index (χ4v) is 4.44. The molecule has 0 aliphatic carbocycles. The minimum atomic E-state index is -3.45. The van der Waals surface area contributed by atoms with Crippen LogP contribution in [-0.4, -0.2) is 31.9 Å². The maximum Gasteiger partial charge on any atom is 0.310 e. The van der Waals surface area contributed by atoms with Crippen LogP contribution in [0.2, 0.25) is 0 Å². The molecule has 32 heavy (non-hydrogen) atoms. The van der Waals surface area contributed by atoms with Crippen LogP contribution in [0.1, 0.15) is 67.9 Å². The van der Waals surface area contributed by atoms with Crippen LogP contribution < -0.4 is 4.72 Å². The molecule has 1 atom stereocenters. The van der Waals surface area contributed by atoms with Crippen molar-refractivity contribution in [2.45, 2.75) is 65.0 Å². The Hall–Kier alpha value is -2.22. The molecule has 6 nitrogen and oxygen atoms in total. The first-order valence-electron chi connectivity index (χ1n) is 11.3. The molecular formula is C25H35NO5S. The second-order valence-corrected chi connectivity index (χ2v) is 9.87. The molecule has 7 heteroatoms. The third-order valence-electron chi connectivity index (χ3n) is 5.25. The van der Waals surface area contributed by atoms with Crippen molar-refractivity contribution in [1.29, 1.82) is 0 Å². The first kappa shape index (κ1) is 26.0. The molecule has 0 aliphatic heterocycles. The van der Waals surface area contributed by atoms with Crippen LogP contribution in [0.3, 0.4) is 0 Å². The molecule has 0 heterocycles. The third kappa shape index (κ3) is 9.51. The zero-order valence-corrected chi connectivity index (χ0v) is 19.9. The quantitative estimate of drug-likeness (QED) is 0.327. The van der Waals surface area contributed by atoms with Crippen molar-refractivity contribution in [2.75, 3.05) is 12.4 Å². The van der Waals surface area contributed by atoms with Gasteiger partial charge in [-0.2, -0.15) is 0 Å². The Bertz CT molecular complexity index is 941. The van der Waals surface area contributed by atoms with Crippen LogP contribution >= 0.6 is 0 Å². The maximum atomic E-state index is 12.4. The Morgan fingerprint density at radius 2 is 1.75 bits per heavy atom. The van der Waals surface area contributed by atoms with Crippen LogP contribution in [0.25, 0.3) is 0 Å². The van der Waals surface area contributed by atoms with Gasteiger partial charge in [0.1, 0.15) is 0 Å². The van der Waals surface area contributed by atoms with E-state index < -0.39 is 16.1 Å². The number of aliphatic hydroxyl groups is 1. The number of hydrogen-bond donors (Lipinski definition) is 2. The van der Waals surface area contributed by atoms with Crippen molar-refractivity contribution >= 4 is 16.0 Å². The number of rotatable bonds is 14. The zero-order chi connectivity index (χ0) is 23.4. The van der Waals surface area contributed by atoms with E-state index in [1.165, 1.54) is 0 Å². The predicted octanol–water partition coefficient (Wildman–Crippen LogP) is 4.07. The summed E-state index contributed by atoms with van der Waals surface area (Å²) >= 11 is 0. The smallest absolute Gasteiger partial charge is 0.310 e. The van der Waals surface area contributed by atoms with Gasteiger partial charge in [-0.15, -0.1) is 0 Å². The van der Waals surface area contributed by atoms with Gasteiger partial charge in [-0.25, -0.2) is 13.1 Å². The van der Waals surface area contributed by atoms with Crippen molar-refractivity contribution in [3.05, 3.63) is 70.8 Å². The third-order valence-corrected chi connectivity index (χ3v) is 6.57. The minimum absolute atomic E-state index is 0.0199. The highest BCUT2D eigenvalue weighted by Gasteiger charge is 2.12. The average Bonchev–Trinajstić information content (AvgIpc) is 2.77. The molecule has 0 radical (unpaired) electrons. The number of aliphatic hydroxyl groups excluding tert-OH is 1. The summed E-state index contributed by atoms with van der Waals surface area (Å²) < 4.78 is 32.4. The van der Waals surface area contributed by atoms with Gasteiger partial charge in [0.15, 0.2) is 0 Å². The number of carbonyl (C=O) groups is 1. The number of nitrogens with one attached hydrogen (secondary N) is 1. The molecule has 2 rings (SSSR count). The summed E-state index contributed by atoms with van der Waals surface area (Å²) in [5.41, 5.74) is 3.36. The van der Waals surface area contributed by atoms with Gasteiger partial charge in [0, 0.05) is 6.54 Å². The summed E-state index contributed by atoms with van der Waals surface area (Å²) in [7, 11) is -3.45. The number of sulfonamides is 1. The first-order valence-corrected chi connectivity index (χ1v) is 13.0. The monoisotopic (exact) mass is 461 g/mol. The van der Waals surface area contributed by atoms with E-state index in [-0.39, 0.29) is 24.7 Å². The summed E-state index contributed by atoms with van der Waals surface area (Å²) in [4.78, 5) is 11.6. The number of unbranched alkanes of at least 4 members (excludes halogenated alkanes) is 2. The minimum Gasteiger partial charge on any atom is -0.466 e.